The van der Waals surface area contributed by atoms with Crippen molar-refractivity contribution in [1.29, 1.82) is 0 Å². The number of aliphatic hydroxyl groups excluding tert-OH is 1. The van der Waals surface area contributed by atoms with Crippen molar-refractivity contribution < 1.29 is 34.8 Å². The van der Waals surface area contributed by atoms with Crippen LogP contribution < -0.4 is 5.73 Å². The first-order valence-corrected chi connectivity index (χ1v) is 5.89. The Kier molecular flexibility index (Phi) is 8.35. The van der Waals surface area contributed by atoms with Gasteiger partial charge in [0.1, 0.15) is 6.04 Å². The smallest absolute Gasteiger partial charge is 0.333 e. The van der Waals surface area contributed by atoms with Crippen LogP contribution in [0.3, 0.4) is 0 Å². The lowest BCUT2D eigenvalue weighted by Gasteiger charge is -2.04. The number of aliphatic carboxylic acids is 3. The van der Waals surface area contributed by atoms with Crippen molar-refractivity contribution in [2.75, 3.05) is 0 Å². The minimum Gasteiger partial charge on any atom is -0.481 e. The van der Waals surface area contributed by atoms with Gasteiger partial charge in [0.2, 0.25) is 0 Å². The molecular formula is C13H17NO7. The van der Waals surface area contributed by atoms with Gasteiger partial charge in [-0.15, -0.1) is 0 Å². The highest BCUT2D eigenvalue weighted by Crippen LogP contribution is 2.01. The monoisotopic (exact) mass is 299 g/mol. The van der Waals surface area contributed by atoms with Gasteiger partial charge in [-0.05, 0) is 12.0 Å². The third-order valence-corrected chi connectivity index (χ3v) is 2.27. The predicted octanol–water partition coefficient (Wildman–Crippen LogP) is -0.452. The lowest BCUT2D eigenvalue weighted by molar-refractivity contribution is -0.152. The van der Waals surface area contributed by atoms with Crippen LogP contribution in [0.2, 0.25) is 0 Å². The van der Waals surface area contributed by atoms with Crippen molar-refractivity contribution in [2.24, 2.45) is 5.73 Å². The molecule has 6 N–H and O–H groups in total. The van der Waals surface area contributed by atoms with E-state index in [1.165, 1.54) is 0 Å². The van der Waals surface area contributed by atoms with Crippen LogP contribution in [0.15, 0.2) is 30.3 Å². The van der Waals surface area contributed by atoms with E-state index in [2.05, 4.69) is 0 Å². The molecule has 0 heterocycles. The second-order valence-corrected chi connectivity index (χ2v) is 4.09. The highest BCUT2D eigenvalue weighted by molar-refractivity contribution is 5.79. The van der Waals surface area contributed by atoms with Gasteiger partial charge in [-0.1, -0.05) is 30.3 Å². The molecule has 0 bridgehead atoms. The molecule has 1 rings (SSSR count). The molecule has 21 heavy (non-hydrogen) atoms. The lowest BCUT2D eigenvalue weighted by atomic mass is 10.1. The minimum absolute atomic E-state index is 0.385. The van der Waals surface area contributed by atoms with Gasteiger partial charge in [0.05, 0.1) is 6.42 Å². The van der Waals surface area contributed by atoms with Gasteiger partial charge in [0.25, 0.3) is 0 Å². The van der Waals surface area contributed by atoms with Crippen molar-refractivity contribution in [2.45, 2.75) is 25.0 Å². The van der Waals surface area contributed by atoms with Gasteiger partial charge in [-0.3, -0.25) is 9.59 Å². The number of benzene rings is 1. The number of carboxylic acids is 3. The average Bonchev–Trinajstić information content (AvgIpc) is 2.39. The topological polar surface area (TPSA) is 158 Å². The van der Waals surface area contributed by atoms with Crippen LogP contribution in [0.4, 0.5) is 0 Å². The van der Waals surface area contributed by atoms with E-state index in [-0.39, 0.29) is 0 Å². The van der Waals surface area contributed by atoms with E-state index in [9.17, 15) is 14.4 Å². The molecule has 2 atom stereocenters. The zero-order valence-corrected chi connectivity index (χ0v) is 11.0. The average molecular weight is 299 g/mol. The summed E-state index contributed by atoms with van der Waals surface area (Å²) in [5.41, 5.74) is 6.30. The van der Waals surface area contributed by atoms with Crippen LogP contribution in [-0.4, -0.2) is 50.5 Å². The number of rotatable bonds is 6. The van der Waals surface area contributed by atoms with Crippen LogP contribution in [-0.2, 0) is 20.8 Å². The molecule has 1 aromatic rings. The van der Waals surface area contributed by atoms with Crippen molar-refractivity contribution >= 4 is 17.9 Å². The maximum absolute atomic E-state index is 10.4. The van der Waals surface area contributed by atoms with Crippen LogP contribution >= 0.6 is 0 Å². The van der Waals surface area contributed by atoms with Crippen LogP contribution in [0, 0.1) is 0 Å². The van der Waals surface area contributed by atoms with Gasteiger partial charge in [-0.25, -0.2) is 4.79 Å². The van der Waals surface area contributed by atoms with Gasteiger partial charge in [0.15, 0.2) is 6.10 Å². The molecule has 0 radical (unpaired) electrons. The molecule has 1 aromatic carbocycles. The Morgan fingerprint density at radius 3 is 1.86 bits per heavy atom. The zero-order chi connectivity index (χ0) is 16.4. The molecular weight excluding hydrogens is 282 g/mol. The number of aliphatic hydroxyl groups is 1. The summed E-state index contributed by atoms with van der Waals surface area (Å²) in [5.74, 6) is -3.80. The molecule has 0 saturated carbocycles. The SMILES string of the molecule is NC(Cc1ccccc1)C(=O)O.O=C(O)CC(O)C(=O)O. The van der Waals surface area contributed by atoms with E-state index < -0.39 is 36.5 Å². The molecule has 0 aliphatic heterocycles. The molecule has 8 nitrogen and oxygen atoms in total. The van der Waals surface area contributed by atoms with Gasteiger partial charge in [0, 0.05) is 0 Å². The second-order valence-electron chi connectivity index (χ2n) is 4.09. The fourth-order valence-corrected chi connectivity index (χ4v) is 1.21. The van der Waals surface area contributed by atoms with Gasteiger partial charge >= 0.3 is 17.9 Å². The molecule has 0 aromatic heterocycles. The maximum Gasteiger partial charge on any atom is 0.333 e. The van der Waals surface area contributed by atoms with Crippen LogP contribution in [0.5, 0.6) is 0 Å². The summed E-state index contributed by atoms with van der Waals surface area (Å²) in [4.78, 5) is 29.8. The lowest BCUT2D eigenvalue weighted by Crippen LogP contribution is -2.32. The molecule has 0 fully saturated rings. The molecule has 0 saturated heterocycles. The standard InChI is InChI=1S/C9H11NO2.C4H6O5/c10-8(9(11)12)6-7-4-2-1-3-5-7;5-2(4(8)9)1-3(6)7/h1-5,8H,6,10H2,(H,11,12);2,5H,1H2,(H,6,7)(H,8,9). The third kappa shape index (κ3) is 9.14. The summed E-state index contributed by atoms with van der Waals surface area (Å²) in [6.07, 6.45) is -2.16. The van der Waals surface area contributed by atoms with E-state index in [0.717, 1.165) is 5.56 Å². The molecule has 0 spiro atoms. The summed E-state index contributed by atoms with van der Waals surface area (Å²) < 4.78 is 0. The van der Waals surface area contributed by atoms with Crippen molar-refractivity contribution in [3.05, 3.63) is 35.9 Å². The Morgan fingerprint density at radius 2 is 1.52 bits per heavy atom. The first kappa shape index (κ1) is 18.6. The van der Waals surface area contributed by atoms with E-state index in [1.807, 2.05) is 30.3 Å². The Bertz CT molecular complexity index is 475. The second kappa shape index (κ2) is 9.45. The number of hydrogen-bond donors (Lipinski definition) is 5. The van der Waals surface area contributed by atoms with E-state index >= 15 is 0 Å². The molecule has 8 heteroatoms. The highest BCUT2D eigenvalue weighted by atomic mass is 16.4. The fourth-order valence-electron chi connectivity index (χ4n) is 1.21. The number of carbonyl (C=O) groups is 3. The zero-order valence-electron chi connectivity index (χ0n) is 11.0. The van der Waals surface area contributed by atoms with E-state index in [1.54, 1.807) is 0 Å². The predicted molar refractivity (Wildman–Crippen MR) is 71.7 cm³/mol. The van der Waals surface area contributed by atoms with Crippen molar-refractivity contribution in [3.8, 4) is 0 Å². The first-order chi connectivity index (χ1) is 9.73. The Balaban J connectivity index is 0.000000400. The van der Waals surface area contributed by atoms with E-state index in [4.69, 9.17) is 26.2 Å². The van der Waals surface area contributed by atoms with Crippen LogP contribution in [0.1, 0.15) is 12.0 Å². The number of hydrogen-bond acceptors (Lipinski definition) is 5. The molecule has 0 aliphatic rings. The highest BCUT2D eigenvalue weighted by Gasteiger charge is 2.16. The molecule has 116 valence electrons. The maximum atomic E-state index is 10.4. The first-order valence-electron chi connectivity index (χ1n) is 5.89. The molecule has 0 aliphatic carbocycles. The number of carboxylic acid groups (broad SMARTS) is 3. The Morgan fingerprint density at radius 1 is 1.00 bits per heavy atom. The quantitative estimate of drug-likeness (QED) is 0.472. The van der Waals surface area contributed by atoms with Gasteiger partial charge < -0.3 is 26.2 Å². The third-order valence-electron chi connectivity index (χ3n) is 2.27. The van der Waals surface area contributed by atoms with Crippen molar-refractivity contribution in [1.82, 2.24) is 0 Å². The van der Waals surface area contributed by atoms with E-state index in [0.29, 0.717) is 6.42 Å². The summed E-state index contributed by atoms with van der Waals surface area (Å²) in [6, 6.07) is 8.54. The minimum atomic E-state index is -1.79. The number of nitrogens with two attached hydrogens (primary N) is 1. The Hall–Kier alpha value is -2.45. The van der Waals surface area contributed by atoms with Gasteiger partial charge in [-0.2, -0.15) is 0 Å². The molecule has 2 unspecified atom stereocenters. The summed E-state index contributed by atoms with van der Waals surface area (Å²) in [7, 11) is 0. The summed E-state index contributed by atoms with van der Waals surface area (Å²) in [6.45, 7) is 0. The van der Waals surface area contributed by atoms with Crippen LogP contribution in [0.25, 0.3) is 0 Å². The largest absolute Gasteiger partial charge is 0.481 e. The fraction of sp³-hybridized carbons (Fsp3) is 0.308. The summed E-state index contributed by atoms with van der Waals surface area (Å²) in [5, 5.41) is 32.7. The normalized spacial score (nSPS) is 12.5. The van der Waals surface area contributed by atoms with Crippen molar-refractivity contribution in [3.63, 3.8) is 0 Å². The summed E-state index contributed by atoms with van der Waals surface area (Å²) >= 11 is 0. The Labute approximate surface area is 120 Å². The molecule has 0 amide bonds.